The third-order valence-electron chi connectivity index (χ3n) is 11.0. The number of ether oxygens (including phenoxy) is 3. The highest BCUT2D eigenvalue weighted by Crippen LogP contribution is 2.16. The van der Waals surface area contributed by atoms with Gasteiger partial charge in [-0.25, -0.2) is 0 Å². The van der Waals surface area contributed by atoms with Crippen LogP contribution in [-0.2, 0) is 28.6 Å². The van der Waals surface area contributed by atoms with Gasteiger partial charge in [0.1, 0.15) is 13.2 Å². The van der Waals surface area contributed by atoms with Crippen LogP contribution >= 0.6 is 0 Å². The van der Waals surface area contributed by atoms with Crippen LogP contribution in [0, 0.1) is 0 Å². The molecule has 0 aliphatic heterocycles. The smallest absolute Gasteiger partial charge is 0.306 e. The molecule has 0 heterocycles. The van der Waals surface area contributed by atoms with Crippen LogP contribution < -0.4 is 0 Å². The van der Waals surface area contributed by atoms with E-state index in [1.807, 2.05) is 54.7 Å². The summed E-state index contributed by atoms with van der Waals surface area (Å²) in [6.45, 7) is 6.30. The lowest BCUT2D eigenvalue weighted by molar-refractivity contribution is -0.167. The third-order valence-corrected chi connectivity index (χ3v) is 11.0. The first-order valence-electron chi connectivity index (χ1n) is 26.3. The highest BCUT2D eigenvalue weighted by molar-refractivity contribution is 5.71. The summed E-state index contributed by atoms with van der Waals surface area (Å²) in [4.78, 5) is 38.0. The minimum Gasteiger partial charge on any atom is -0.462 e. The lowest BCUT2D eigenvalue weighted by atomic mass is 10.0. The van der Waals surface area contributed by atoms with Crippen LogP contribution in [0.15, 0.2) is 97.2 Å². The van der Waals surface area contributed by atoms with E-state index >= 15 is 0 Å². The summed E-state index contributed by atoms with van der Waals surface area (Å²) < 4.78 is 16.7. The van der Waals surface area contributed by atoms with Crippen molar-refractivity contribution < 1.29 is 28.6 Å². The fourth-order valence-corrected chi connectivity index (χ4v) is 7.12. The standard InChI is InChI=1S/C58H96O6/c1-4-7-10-13-16-19-22-25-27-28-29-31-33-36-39-42-45-48-51-57(60)63-54-55(53-62-56(59)50-47-44-41-38-35-32-24-21-18-15-12-9-6-3)64-58(61)52-49-46-43-40-37-34-30-26-23-20-17-14-11-8-5-2/h8-9,11-12,14-15,17-18,20-21,23-24,32,35,38,41,55H,4-7,10,13,16,19,22,25-31,33-34,36-37,39-40,42-54H2,1-3H3/b11-8-,12-9-,17-14-,18-15-,23-20-,24-21-,35-32-,41-38-. The molecule has 0 fully saturated rings. The molecule has 0 aliphatic carbocycles. The van der Waals surface area contributed by atoms with Gasteiger partial charge in [-0.2, -0.15) is 0 Å². The Bertz CT molecular complexity index is 1300. The molecule has 0 rings (SSSR count). The Labute approximate surface area is 394 Å². The maximum absolute atomic E-state index is 12.8. The molecule has 0 aliphatic rings. The lowest BCUT2D eigenvalue weighted by Gasteiger charge is -2.18. The molecule has 0 aromatic carbocycles. The molecule has 364 valence electrons. The van der Waals surface area contributed by atoms with E-state index in [2.05, 4.69) is 63.3 Å². The second-order valence-corrected chi connectivity index (χ2v) is 17.2. The van der Waals surface area contributed by atoms with Gasteiger partial charge in [0.05, 0.1) is 0 Å². The molecule has 1 atom stereocenters. The average Bonchev–Trinajstić information content (AvgIpc) is 3.29. The fourth-order valence-electron chi connectivity index (χ4n) is 7.12. The minimum absolute atomic E-state index is 0.104. The Hall–Kier alpha value is -3.67. The van der Waals surface area contributed by atoms with Crippen molar-refractivity contribution in [3.05, 3.63) is 97.2 Å². The van der Waals surface area contributed by atoms with E-state index in [9.17, 15) is 14.4 Å². The summed E-state index contributed by atoms with van der Waals surface area (Å²) in [5, 5.41) is 0. The zero-order valence-electron chi connectivity index (χ0n) is 41.5. The van der Waals surface area contributed by atoms with Gasteiger partial charge in [-0.1, -0.05) is 259 Å². The van der Waals surface area contributed by atoms with Crippen molar-refractivity contribution in [2.45, 2.75) is 239 Å². The quantitative estimate of drug-likeness (QED) is 0.0262. The van der Waals surface area contributed by atoms with E-state index in [-0.39, 0.29) is 37.5 Å². The number of esters is 3. The Kier molecular flexibility index (Phi) is 49.0. The Morgan fingerprint density at radius 1 is 0.328 bits per heavy atom. The molecule has 0 saturated heterocycles. The first kappa shape index (κ1) is 60.3. The van der Waals surface area contributed by atoms with Gasteiger partial charge in [0, 0.05) is 19.3 Å². The third kappa shape index (κ3) is 49.3. The van der Waals surface area contributed by atoms with Gasteiger partial charge in [-0.15, -0.1) is 0 Å². The number of hydrogen-bond donors (Lipinski definition) is 0. The Morgan fingerprint density at radius 2 is 0.625 bits per heavy atom. The first-order valence-corrected chi connectivity index (χ1v) is 26.3. The Morgan fingerprint density at radius 3 is 1.02 bits per heavy atom. The van der Waals surface area contributed by atoms with E-state index in [4.69, 9.17) is 14.2 Å². The predicted molar refractivity (Wildman–Crippen MR) is 274 cm³/mol. The molecule has 0 saturated carbocycles. The molecule has 0 radical (unpaired) electrons. The number of allylic oxidation sites excluding steroid dienone is 16. The number of hydrogen-bond acceptors (Lipinski definition) is 6. The zero-order chi connectivity index (χ0) is 46.5. The van der Waals surface area contributed by atoms with Crippen LogP contribution in [0.4, 0.5) is 0 Å². The number of unbranched alkanes of at least 4 members (excludes halogenated alkanes) is 25. The molecule has 1 unspecified atom stereocenters. The van der Waals surface area contributed by atoms with Gasteiger partial charge in [0.25, 0.3) is 0 Å². The Balaban J connectivity index is 4.45. The van der Waals surface area contributed by atoms with Crippen molar-refractivity contribution >= 4 is 17.9 Å². The van der Waals surface area contributed by atoms with Gasteiger partial charge in [-0.3, -0.25) is 14.4 Å². The van der Waals surface area contributed by atoms with Crippen molar-refractivity contribution in [3.63, 3.8) is 0 Å². The molecule has 6 nitrogen and oxygen atoms in total. The van der Waals surface area contributed by atoms with Crippen molar-refractivity contribution in [3.8, 4) is 0 Å². The van der Waals surface area contributed by atoms with Gasteiger partial charge < -0.3 is 14.2 Å². The van der Waals surface area contributed by atoms with Gasteiger partial charge in [0.2, 0.25) is 0 Å². The summed E-state index contributed by atoms with van der Waals surface area (Å²) >= 11 is 0. The molecule has 6 heteroatoms. The van der Waals surface area contributed by atoms with Crippen molar-refractivity contribution in [1.82, 2.24) is 0 Å². The maximum Gasteiger partial charge on any atom is 0.306 e. The SMILES string of the molecule is CC\C=C/C=C\C=C/C=C\C=C/CCCC(=O)OCC(COC(=O)CCCCCCCCCCCCCCCCCCCC)OC(=O)CCCCCCCCC\C=C/C=C\C=C/CC. The average molecular weight is 889 g/mol. The van der Waals surface area contributed by atoms with Crippen LogP contribution in [-0.4, -0.2) is 37.2 Å². The largest absolute Gasteiger partial charge is 0.462 e. The summed E-state index contributed by atoms with van der Waals surface area (Å²) in [6, 6.07) is 0. The van der Waals surface area contributed by atoms with Crippen LogP contribution in [0.1, 0.15) is 233 Å². The number of rotatable bonds is 46. The van der Waals surface area contributed by atoms with Crippen LogP contribution in [0.2, 0.25) is 0 Å². The fraction of sp³-hybridized carbons (Fsp3) is 0.672. The van der Waals surface area contributed by atoms with Crippen molar-refractivity contribution in [2.24, 2.45) is 0 Å². The molecule has 0 aromatic rings. The number of carbonyl (C=O) groups is 3. The monoisotopic (exact) mass is 889 g/mol. The molecule has 0 spiro atoms. The van der Waals surface area contributed by atoms with Crippen LogP contribution in [0.3, 0.4) is 0 Å². The molecular weight excluding hydrogens is 793 g/mol. The molecule has 0 N–H and O–H groups in total. The van der Waals surface area contributed by atoms with E-state index in [1.165, 1.54) is 116 Å². The highest BCUT2D eigenvalue weighted by atomic mass is 16.6. The van der Waals surface area contributed by atoms with Crippen LogP contribution in [0.5, 0.6) is 0 Å². The summed E-state index contributed by atoms with van der Waals surface area (Å²) in [6.07, 6.45) is 68.3. The van der Waals surface area contributed by atoms with E-state index in [0.29, 0.717) is 19.3 Å². The topological polar surface area (TPSA) is 78.9 Å². The summed E-state index contributed by atoms with van der Waals surface area (Å²) in [7, 11) is 0. The molecule has 0 amide bonds. The van der Waals surface area contributed by atoms with E-state index < -0.39 is 6.10 Å². The van der Waals surface area contributed by atoms with Crippen molar-refractivity contribution in [1.29, 1.82) is 0 Å². The van der Waals surface area contributed by atoms with Crippen LogP contribution in [0.25, 0.3) is 0 Å². The normalized spacial score (nSPS) is 12.9. The molecule has 0 bridgehead atoms. The first-order chi connectivity index (χ1) is 31.5. The summed E-state index contributed by atoms with van der Waals surface area (Å²) in [5.41, 5.74) is 0. The van der Waals surface area contributed by atoms with Gasteiger partial charge >= 0.3 is 17.9 Å². The van der Waals surface area contributed by atoms with Gasteiger partial charge in [-0.05, 0) is 51.4 Å². The van der Waals surface area contributed by atoms with E-state index in [1.54, 1.807) is 0 Å². The van der Waals surface area contributed by atoms with E-state index in [0.717, 1.165) is 70.6 Å². The second-order valence-electron chi connectivity index (χ2n) is 17.2. The zero-order valence-corrected chi connectivity index (χ0v) is 41.5. The summed E-state index contributed by atoms with van der Waals surface area (Å²) in [5.74, 6) is -0.993. The maximum atomic E-state index is 12.8. The van der Waals surface area contributed by atoms with Crippen molar-refractivity contribution in [2.75, 3.05) is 13.2 Å². The van der Waals surface area contributed by atoms with Gasteiger partial charge in [0.15, 0.2) is 6.10 Å². The minimum atomic E-state index is -0.811. The molecular formula is C58H96O6. The lowest BCUT2D eigenvalue weighted by Crippen LogP contribution is -2.30. The highest BCUT2D eigenvalue weighted by Gasteiger charge is 2.19. The second kappa shape index (κ2) is 52.0. The molecule has 0 aromatic heterocycles. The predicted octanol–water partition coefficient (Wildman–Crippen LogP) is 17.4. The molecule has 64 heavy (non-hydrogen) atoms. The number of carbonyl (C=O) groups excluding carboxylic acids is 3.